The Labute approximate surface area is 217 Å². The lowest BCUT2D eigenvalue weighted by atomic mass is 10.0. The van der Waals surface area contributed by atoms with Crippen molar-refractivity contribution in [1.82, 2.24) is 0 Å². The maximum atomic E-state index is 12.2. The summed E-state index contributed by atoms with van der Waals surface area (Å²) >= 11 is 1.56. The Bertz CT molecular complexity index is 1320. The number of nitrogens with one attached hydrogen (secondary N) is 1. The Hall–Kier alpha value is -3.64. The molecular weight excluding hydrogens is 468 g/mol. The summed E-state index contributed by atoms with van der Waals surface area (Å²) in [6.45, 7) is 4.90. The van der Waals surface area contributed by atoms with Gasteiger partial charge in [0, 0.05) is 33.9 Å². The molecule has 186 valence electrons. The van der Waals surface area contributed by atoms with Crippen LogP contribution in [-0.4, -0.2) is 26.2 Å². The van der Waals surface area contributed by atoms with Gasteiger partial charge >= 0.3 is 5.97 Å². The van der Waals surface area contributed by atoms with Crippen LogP contribution in [0.1, 0.15) is 24.5 Å². The fraction of sp³-hybridized carbons (Fsp3) is 0.233. The van der Waals surface area contributed by atoms with Crippen molar-refractivity contribution in [2.45, 2.75) is 37.8 Å². The van der Waals surface area contributed by atoms with Gasteiger partial charge in [0.1, 0.15) is 5.75 Å². The topological polar surface area (TPSA) is 50.8 Å². The minimum Gasteiger partial charge on any atom is -0.497 e. The van der Waals surface area contributed by atoms with Crippen LogP contribution in [0.4, 0.5) is 11.4 Å². The molecule has 6 heteroatoms. The van der Waals surface area contributed by atoms with Crippen LogP contribution < -0.4 is 14.4 Å². The number of rotatable bonds is 10. The minimum atomic E-state index is -0.212. The number of esters is 1. The van der Waals surface area contributed by atoms with Crippen LogP contribution in [0.2, 0.25) is 0 Å². The summed E-state index contributed by atoms with van der Waals surface area (Å²) in [5.41, 5.74) is 4.58. The largest absolute Gasteiger partial charge is 0.497 e. The molecule has 0 saturated carbocycles. The van der Waals surface area contributed by atoms with E-state index in [4.69, 9.17) is 9.47 Å². The Morgan fingerprint density at radius 1 is 0.917 bits per heavy atom. The Morgan fingerprint density at radius 3 is 2.31 bits per heavy atom. The maximum absolute atomic E-state index is 12.2. The van der Waals surface area contributed by atoms with Crippen molar-refractivity contribution in [3.05, 3.63) is 96.1 Å². The molecule has 0 heterocycles. The molecule has 0 amide bonds. The molecule has 1 unspecified atom stereocenters. The van der Waals surface area contributed by atoms with Gasteiger partial charge in [-0.2, -0.15) is 0 Å². The standard InChI is InChI=1S/C30H32N2O3S/c1-21-9-5-6-10-23(21)20-32(22(2)19-30(33)35-4)29-18-17-28(26-11-7-8-12-27(26)29)31-36-25-15-13-24(34-3)14-16-25/h5-18,22,31H,19-20H2,1-4H3. The van der Waals surface area contributed by atoms with Gasteiger partial charge in [0.2, 0.25) is 0 Å². The van der Waals surface area contributed by atoms with Crippen molar-refractivity contribution in [3.63, 3.8) is 0 Å². The van der Waals surface area contributed by atoms with E-state index in [-0.39, 0.29) is 12.0 Å². The van der Waals surface area contributed by atoms with E-state index in [1.807, 2.05) is 24.3 Å². The van der Waals surface area contributed by atoms with E-state index in [2.05, 4.69) is 84.1 Å². The number of nitrogens with zero attached hydrogens (tertiary/aromatic N) is 1. The second-order valence-electron chi connectivity index (χ2n) is 8.74. The molecule has 5 nitrogen and oxygen atoms in total. The van der Waals surface area contributed by atoms with Crippen molar-refractivity contribution in [2.24, 2.45) is 0 Å². The molecular formula is C30H32N2O3S. The van der Waals surface area contributed by atoms with E-state index < -0.39 is 0 Å². The summed E-state index contributed by atoms with van der Waals surface area (Å²) in [6, 6.07) is 29.0. The maximum Gasteiger partial charge on any atom is 0.307 e. The molecule has 36 heavy (non-hydrogen) atoms. The smallest absolute Gasteiger partial charge is 0.307 e. The van der Waals surface area contributed by atoms with Gasteiger partial charge in [0.25, 0.3) is 0 Å². The highest BCUT2D eigenvalue weighted by molar-refractivity contribution is 8.00. The summed E-state index contributed by atoms with van der Waals surface area (Å²) in [5.74, 6) is 0.625. The van der Waals surface area contributed by atoms with Gasteiger partial charge < -0.3 is 19.1 Å². The summed E-state index contributed by atoms with van der Waals surface area (Å²) in [6.07, 6.45) is 0.310. The molecule has 1 N–H and O–H groups in total. The molecule has 0 radical (unpaired) electrons. The van der Waals surface area contributed by atoms with Crippen LogP contribution in [0.5, 0.6) is 5.75 Å². The number of aryl methyl sites for hydroxylation is 1. The first kappa shape index (κ1) is 25.5. The molecule has 0 aliphatic heterocycles. The first-order valence-corrected chi connectivity index (χ1v) is 12.8. The third-order valence-electron chi connectivity index (χ3n) is 6.37. The van der Waals surface area contributed by atoms with Crippen molar-refractivity contribution in [1.29, 1.82) is 0 Å². The summed E-state index contributed by atoms with van der Waals surface area (Å²) in [7, 11) is 3.11. The fourth-order valence-electron chi connectivity index (χ4n) is 4.26. The normalized spacial score (nSPS) is 11.7. The van der Waals surface area contributed by atoms with E-state index in [1.54, 1.807) is 19.1 Å². The van der Waals surface area contributed by atoms with E-state index >= 15 is 0 Å². The van der Waals surface area contributed by atoms with Crippen molar-refractivity contribution < 1.29 is 14.3 Å². The monoisotopic (exact) mass is 500 g/mol. The molecule has 4 aromatic rings. The minimum absolute atomic E-state index is 0.0482. The van der Waals surface area contributed by atoms with Crippen LogP contribution >= 0.6 is 11.9 Å². The number of fused-ring (bicyclic) bond motifs is 1. The lowest BCUT2D eigenvalue weighted by Gasteiger charge is -2.33. The first-order valence-electron chi connectivity index (χ1n) is 12.0. The zero-order valence-corrected chi connectivity index (χ0v) is 22.0. The SMILES string of the molecule is COC(=O)CC(C)N(Cc1ccccc1C)c1ccc(NSc2ccc(OC)cc2)c2ccccc12. The molecule has 0 spiro atoms. The Morgan fingerprint density at radius 2 is 1.61 bits per heavy atom. The quantitative estimate of drug-likeness (QED) is 0.183. The Balaban J connectivity index is 1.68. The lowest BCUT2D eigenvalue weighted by Crippen LogP contribution is -2.35. The van der Waals surface area contributed by atoms with Crippen LogP contribution in [0.3, 0.4) is 0 Å². The van der Waals surface area contributed by atoms with Crippen molar-refractivity contribution in [3.8, 4) is 5.75 Å². The third-order valence-corrected chi connectivity index (χ3v) is 7.20. The number of benzene rings is 4. The lowest BCUT2D eigenvalue weighted by molar-refractivity contribution is -0.140. The average molecular weight is 501 g/mol. The average Bonchev–Trinajstić information content (AvgIpc) is 2.91. The number of hydrogen-bond donors (Lipinski definition) is 1. The van der Waals surface area contributed by atoms with Gasteiger partial charge in [-0.1, -0.05) is 48.5 Å². The molecule has 1 atom stereocenters. The number of carbonyl (C=O) groups is 1. The van der Waals surface area contributed by atoms with E-state index in [1.165, 1.54) is 18.2 Å². The van der Waals surface area contributed by atoms with Crippen LogP contribution in [0, 0.1) is 6.92 Å². The third kappa shape index (κ3) is 5.94. The van der Waals surface area contributed by atoms with Crippen LogP contribution in [0.15, 0.2) is 89.8 Å². The number of methoxy groups -OCH3 is 2. The van der Waals surface area contributed by atoms with Gasteiger partial charge in [-0.15, -0.1) is 0 Å². The van der Waals surface area contributed by atoms with Crippen LogP contribution in [-0.2, 0) is 16.1 Å². The van der Waals surface area contributed by atoms with E-state index in [0.29, 0.717) is 13.0 Å². The summed E-state index contributed by atoms with van der Waals surface area (Å²) in [4.78, 5) is 15.6. The van der Waals surface area contributed by atoms with Gasteiger partial charge in [-0.25, -0.2) is 0 Å². The Kier molecular flexibility index (Phi) is 8.39. The van der Waals surface area contributed by atoms with Crippen molar-refractivity contribution in [2.75, 3.05) is 23.8 Å². The summed E-state index contributed by atoms with van der Waals surface area (Å²) in [5, 5.41) is 2.25. The molecule has 4 rings (SSSR count). The van der Waals surface area contributed by atoms with Gasteiger partial charge in [0.15, 0.2) is 0 Å². The fourth-order valence-corrected chi connectivity index (χ4v) is 4.94. The summed E-state index contributed by atoms with van der Waals surface area (Å²) < 4.78 is 13.8. The molecule has 0 aliphatic carbocycles. The van der Waals surface area contributed by atoms with Gasteiger partial charge in [-0.05, 0) is 73.3 Å². The van der Waals surface area contributed by atoms with E-state index in [9.17, 15) is 4.79 Å². The molecule has 0 bridgehead atoms. The number of ether oxygens (including phenoxy) is 2. The number of carbonyl (C=O) groups excluding carboxylic acids is 1. The second kappa shape index (κ2) is 11.9. The second-order valence-corrected chi connectivity index (χ2v) is 9.62. The predicted octanol–water partition coefficient (Wildman–Crippen LogP) is 7.23. The molecule has 0 aromatic heterocycles. The molecule has 0 aliphatic rings. The zero-order chi connectivity index (χ0) is 25.5. The van der Waals surface area contributed by atoms with Gasteiger partial charge in [0.05, 0.1) is 26.3 Å². The predicted molar refractivity (Wildman–Crippen MR) is 150 cm³/mol. The number of hydrogen-bond acceptors (Lipinski definition) is 6. The highest BCUT2D eigenvalue weighted by atomic mass is 32.2. The van der Waals surface area contributed by atoms with Crippen molar-refractivity contribution >= 4 is 40.1 Å². The first-order chi connectivity index (χ1) is 17.5. The molecule has 0 fully saturated rings. The van der Waals surface area contributed by atoms with Crippen LogP contribution in [0.25, 0.3) is 10.8 Å². The van der Waals surface area contributed by atoms with E-state index in [0.717, 1.165) is 32.8 Å². The number of anilines is 2. The molecule has 0 saturated heterocycles. The van der Waals surface area contributed by atoms with Gasteiger partial charge in [-0.3, -0.25) is 4.79 Å². The highest BCUT2D eigenvalue weighted by Gasteiger charge is 2.22. The molecule has 4 aromatic carbocycles. The zero-order valence-electron chi connectivity index (χ0n) is 21.2. The highest BCUT2D eigenvalue weighted by Crippen LogP contribution is 2.36.